The second-order valence-corrected chi connectivity index (χ2v) is 4.85. The molecule has 0 amide bonds. The lowest BCUT2D eigenvalue weighted by molar-refractivity contribution is 0.365. The van der Waals surface area contributed by atoms with Crippen LogP contribution in [0.2, 0.25) is 0 Å². The van der Waals surface area contributed by atoms with Gasteiger partial charge in [0.05, 0.1) is 13.2 Å². The first-order valence-corrected chi connectivity index (χ1v) is 6.17. The molecule has 3 nitrogen and oxygen atoms in total. The third-order valence-corrected chi connectivity index (χ3v) is 4.90. The molecule has 1 heterocycles. The highest BCUT2D eigenvalue weighted by Crippen LogP contribution is 2.50. The summed E-state index contributed by atoms with van der Waals surface area (Å²) in [6.45, 7) is 1.45. The van der Waals surface area contributed by atoms with E-state index in [0.29, 0.717) is 0 Å². The van der Waals surface area contributed by atoms with Gasteiger partial charge in [0.1, 0.15) is 0 Å². The summed E-state index contributed by atoms with van der Waals surface area (Å²) in [5.41, 5.74) is 0. The van der Waals surface area contributed by atoms with Gasteiger partial charge in [0.2, 0.25) is 0 Å². The highest BCUT2D eigenvalue weighted by atomic mass is 79.9. The van der Waals surface area contributed by atoms with E-state index >= 15 is 0 Å². The van der Waals surface area contributed by atoms with E-state index in [-0.39, 0.29) is 0 Å². The van der Waals surface area contributed by atoms with Crippen molar-refractivity contribution in [2.45, 2.75) is 0 Å². The molecule has 0 unspecified atom stereocenters. The quantitative estimate of drug-likeness (QED) is 0.537. The summed E-state index contributed by atoms with van der Waals surface area (Å²) in [5.74, 6) is 0. The summed E-state index contributed by atoms with van der Waals surface area (Å²) >= 11 is 3.22. The number of hydrogen-bond donors (Lipinski definition) is 0. The van der Waals surface area contributed by atoms with Crippen LogP contribution in [0.25, 0.3) is 0 Å². The van der Waals surface area contributed by atoms with Crippen molar-refractivity contribution in [3.05, 3.63) is 0 Å². The summed E-state index contributed by atoms with van der Waals surface area (Å²) in [6.07, 6.45) is 0. The van der Waals surface area contributed by atoms with Gasteiger partial charge in [-0.2, -0.15) is 4.08 Å². The van der Waals surface area contributed by atoms with Crippen LogP contribution in [-0.2, 0) is 9.05 Å². The standard InChI is InChI=1S/C3H7BrNO2PS/c1-5(9-4)8-6-2-3-7-8/h2-3H2,1H3. The van der Waals surface area contributed by atoms with Crippen molar-refractivity contribution >= 4 is 33.7 Å². The zero-order chi connectivity index (χ0) is 6.69. The van der Waals surface area contributed by atoms with E-state index in [2.05, 4.69) is 14.8 Å². The zero-order valence-electron chi connectivity index (χ0n) is 4.91. The number of hydrogen-bond acceptors (Lipinski definition) is 4. The van der Waals surface area contributed by atoms with Crippen LogP contribution in [0.4, 0.5) is 0 Å². The van der Waals surface area contributed by atoms with Crippen LogP contribution in [0, 0.1) is 0 Å². The van der Waals surface area contributed by atoms with E-state index in [1.165, 1.54) is 10.4 Å². The van der Waals surface area contributed by atoms with Crippen molar-refractivity contribution in [1.82, 2.24) is 4.08 Å². The van der Waals surface area contributed by atoms with Crippen LogP contribution < -0.4 is 0 Å². The Balaban J connectivity index is 2.24. The van der Waals surface area contributed by atoms with Gasteiger partial charge in [0.25, 0.3) is 8.53 Å². The minimum Gasteiger partial charge on any atom is -0.319 e. The second-order valence-electron chi connectivity index (χ2n) is 1.44. The molecule has 0 aromatic rings. The number of halogens is 1. The van der Waals surface area contributed by atoms with Gasteiger partial charge in [0.15, 0.2) is 0 Å². The van der Waals surface area contributed by atoms with E-state index < -0.39 is 8.53 Å². The fourth-order valence-electron chi connectivity index (χ4n) is 0.456. The maximum atomic E-state index is 5.22. The van der Waals surface area contributed by atoms with Gasteiger partial charge >= 0.3 is 0 Å². The largest absolute Gasteiger partial charge is 0.319 e. The van der Waals surface area contributed by atoms with Gasteiger partial charge in [-0.15, -0.1) is 0 Å². The molecule has 1 aliphatic heterocycles. The van der Waals surface area contributed by atoms with Crippen molar-refractivity contribution in [1.29, 1.82) is 0 Å². The Morgan fingerprint density at radius 3 is 2.56 bits per heavy atom. The summed E-state index contributed by atoms with van der Waals surface area (Å²) in [7, 11) is 2.62. The van der Waals surface area contributed by atoms with E-state index in [1.54, 1.807) is 0 Å². The van der Waals surface area contributed by atoms with E-state index in [4.69, 9.17) is 9.05 Å². The topological polar surface area (TPSA) is 21.7 Å². The normalized spacial score (nSPS) is 21.7. The minimum absolute atomic E-state index is 0.726. The Morgan fingerprint density at radius 2 is 2.11 bits per heavy atom. The van der Waals surface area contributed by atoms with Gasteiger partial charge in [0, 0.05) is 32.2 Å². The first-order valence-electron chi connectivity index (χ1n) is 2.43. The molecule has 0 bridgehead atoms. The lowest BCUT2D eigenvalue weighted by Crippen LogP contribution is -1.97. The predicted molar refractivity (Wildman–Crippen MR) is 43.1 cm³/mol. The summed E-state index contributed by atoms with van der Waals surface area (Å²) in [4.78, 5) is 0. The van der Waals surface area contributed by atoms with Crippen molar-refractivity contribution < 1.29 is 9.05 Å². The van der Waals surface area contributed by atoms with Gasteiger partial charge < -0.3 is 9.05 Å². The van der Waals surface area contributed by atoms with Gasteiger partial charge in [-0.05, 0) is 0 Å². The molecule has 0 N–H and O–H groups in total. The average Bonchev–Trinajstić information content (AvgIpc) is 2.37. The maximum absolute atomic E-state index is 5.22. The molecule has 0 aromatic heterocycles. The van der Waals surface area contributed by atoms with Crippen LogP contribution in [0.5, 0.6) is 0 Å². The molecule has 0 radical (unpaired) electrons. The Labute approximate surface area is 67.4 Å². The van der Waals surface area contributed by atoms with Crippen molar-refractivity contribution in [3.63, 3.8) is 0 Å². The maximum Gasteiger partial charge on any atom is 0.269 e. The van der Waals surface area contributed by atoms with E-state index in [0.717, 1.165) is 13.2 Å². The van der Waals surface area contributed by atoms with Crippen LogP contribution >= 0.6 is 33.7 Å². The monoisotopic (exact) mass is 231 g/mol. The molecule has 9 heavy (non-hydrogen) atoms. The molecule has 1 fully saturated rings. The SMILES string of the molecule is CN(SBr)P1OCCO1. The van der Waals surface area contributed by atoms with Gasteiger partial charge in [-0.3, -0.25) is 0 Å². The summed E-state index contributed by atoms with van der Waals surface area (Å²) < 4.78 is 12.4. The molecule has 0 spiro atoms. The molecule has 0 aliphatic carbocycles. The first-order chi connectivity index (χ1) is 4.34. The molecule has 54 valence electrons. The van der Waals surface area contributed by atoms with Crippen molar-refractivity contribution in [2.24, 2.45) is 0 Å². The van der Waals surface area contributed by atoms with Crippen LogP contribution in [0.1, 0.15) is 0 Å². The van der Waals surface area contributed by atoms with Gasteiger partial charge in [-0.1, -0.05) is 0 Å². The van der Waals surface area contributed by atoms with E-state index in [9.17, 15) is 0 Å². The third kappa shape index (κ3) is 2.33. The smallest absolute Gasteiger partial charge is 0.269 e. The molecule has 6 heteroatoms. The fourth-order valence-corrected chi connectivity index (χ4v) is 2.75. The molecule has 1 rings (SSSR count). The van der Waals surface area contributed by atoms with E-state index in [1.807, 2.05) is 11.1 Å². The lowest BCUT2D eigenvalue weighted by atomic mass is 10.8. The third-order valence-electron chi connectivity index (χ3n) is 0.817. The summed E-state index contributed by atoms with van der Waals surface area (Å²) in [6, 6.07) is 0. The highest BCUT2D eigenvalue weighted by Gasteiger charge is 2.22. The Kier molecular flexibility index (Phi) is 3.76. The molecule has 1 aliphatic rings. The van der Waals surface area contributed by atoms with Crippen molar-refractivity contribution in [2.75, 3.05) is 20.3 Å². The Morgan fingerprint density at radius 1 is 1.56 bits per heavy atom. The highest BCUT2D eigenvalue weighted by molar-refractivity contribution is 9.49. The van der Waals surface area contributed by atoms with Gasteiger partial charge in [-0.25, -0.2) is 0 Å². The van der Waals surface area contributed by atoms with Crippen LogP contribution in [0.3, 0.4) is 0 Å². The fraction of sp³-hybridized carbons (Fsp3) is 1.00. The summed E-state index contributed by atoms with van der Waals surface area (Å²) in [5, 5.41) is 0. The second kappa shape index (κ2) is 4.11. The Bertz CT molecular complexity index is 91.9. The minimum atomic E-state index is -0.757. The van der Waals surface area contributed by atoms with Crippen LogP contribution in [0.15, 0.2) is 0 Å². The number of nitrogens with zero attached hydrogens (tertiary/aromatic N) is 1. The lowest BCUT2D eigenvalue weighted by Gasteiger charge is -2.14. The molecule has 0 aromatic carbocycles. The number of rotatable bonds is 2. The van der Waals surface area contributed by atoms with Crippen LogP contribution in [-0.4, -0.2) is 24.3 Å². The molecular weight excluding hydrogens is 225 g/mol. The zero-order valence-corrected chi connectivity index (χ0v) is 8.21. The van der Waals surface area contributed by atoms with Crippen molar-refractivity contribution in [3.8, 4) is 0 Å². The molecule has 0 atom stereocenters. The Hall–Kier alpha value is 1.14. The average molecular weight is 232 g/mol. The molecule has 0 saturated carbocycles. The molecule has 1 saturated heterocycles. The molecular formula is C3H7BrNO2PS. The predicted octanol–water partition coefficient (Wildman–Crippen LogP) is 2.15. The first kappa shape index (κ1) is 8.24.